The molecule has 1 fully saturated rings. The lowest BCUT2D eigenvalue weighted by Crippen LogP contribution is -2.40. The average Bonchev–Trinajstić information content (AvgIpc) is 3.50. The van der Waals surface area contributed by atoms with Gasteiger partial charge in [0.2, 0.25) is 0 Å². The van der Waals surface area contributed by atoms with Crippen LogP contribution in [-0.4, -0.2) is 76.4 Å². The van der Waals surface area contributed by atoms with Gasteiger partial charge in [-0.15, -0.1) is 11.3 Å². The number of likely N-dealkylation sites (N-methyl/N-ethyl adjacent to an activating group) is 1. The lowest BCUT2D eigenvalue weighted by molar-refractivity contribution is 0.0932. The molecule has 2 aliphatic rings. The van der Waals surface area contributed by atoms with Gasteiger partial charge in [0, 0.05) is 62.0 Å². The molecule has 0 radical (unpaired) electrons. The third-order valence-electron chi connectivity index (χ3n) is 6.18. The number of hydrogen-bond donors (Lipinski definition) is 1. The Hall–Kier alpha value is -1.81. The number of fused-ring (bicyclic) bond motifs is 1. The van der Waals surface area contributed by atoms with Gasteiger partial charge in [-0.2, -0.15) is 5.10 Å². The Morgan fingerprint density at radius 2 is 2.30 bits per heavy atom. The van der Waals surface area contributed by atoms with E-state index in [1.807, 2.05) is 16.3 Å². The van der Waals surface area contributed by atoms with Gasteiger partial charge in [-0.25, -0.2) is 4.98 Å². The van der Waals surface area contributed by atoms with Crippen LogP contribution in [0.15, 0.2) is 11.6 Å². The topological polar surface area (TPSA) is 75.5 Å². The molecule has 1 saturated heterocycles. The Balaban J connectivity index is 1.48. The zero-order valence-electron chi connectivity index (χ0n) is 18.0. The van der Waals surface area contributed by atoms with Gasteiger partial charge < -0.3 is 10.1 Å². The van der Waals surface area contributed by atoms with Gasteiger partial charge >= 0.3 is 0 Å². The monoisotopic (exact) mass is 432 g/mol. The molecule has 0 aromatic carbocycles. The second-order valence-corrected chi connectivity index (χ2v) is 8.99. The molecule has 0 bridgehead atoms. The fourth-order valence-corrected chi connectivity index (χ4v) is 5.24. The van der Waals surface area contributed by atoms with Crippen molar-refractivity contribution < 1.29 is 9.53 Å². The molecular formula is C21H32N6O2S. The Labute approximate surface area is 182 Å². The van der Waals surface area contributed by atoms with Crippen LogP contribution in [0.5, 0.6) is 0 Å². The van der Waals surface area contributed by atoms with Crippen LogP contribution in [0.4, 0.5) is 0 Å². The molecular weight excluding hydrogens is 400 g/mol. The smallest absolute Gasteiger partial charge is 0.272 e. The van der Waals surface area contributed by atoms with E-state index in [4.69, 9.17) is 9.84 Å². The van der Waals surface area contributed by atoms with Crippen LogP contribution < -0.4 is 5.32 Å². The maximum absolute atomic E-state index is 13.1. The molecule has 1 atom stereocenters. The van der Waals surface area contributed by atoms with E-state index in [9.17, 15) is 4.79 Å². The predicted octanol–water partition coefficient (Wildman–Crippen LogP) is 1.76. The molecule has 0 saturated carbocycles. The van der Waals surface area contributed by atoms with Gasteiger partial charge in [0.15, 0.2) is 5.69 Å². The molecule has 2 aromatic heterocycles. The van der Waals surface area contributed by atoms with E-state index in [2.05, 4.69) is 27.0 Å². The summed E-state index contributed by atoms with van der Waals surface area (Å²) < 4.78 is 7.23. The fourth-order valence-electron chi connectivity index (χ4n) is 4.59. The third kappa shape index (κ3) is 4.74. The third-order valence-corrected chi connectivity index (χ3v) is 6.95. The highest BCUT2D eigenvalue weighted by molar-refractivity contribution is 7.09. The van der Waals surface area contributed by atoms with Gasteiger partial charge in [-0.1, -0.05) is 6.92 Å². The lowest BCUT2D eigenvalue weighted by Gasteiger charge is -2.27. The zero-order valence-corrected chi connectivity index (χ0v) is 18.8. The summed E-state index contributed by atoms with van der Waals surface area (Å²) in [6.07, 6.45) is 5.09. The number of methoxy groups -OCH3 is 1. The van der Waals surface area contributed by atoms with Crippen LogP contribution in [0.25, 0.3) is 0 Å². The molecule has 1 N–H and O–H groups in total. The second kappa shape index (κ2) is 10.00. The van der Waals surface area contributed by atoms with E-state index in [0.717, 1.165) is 56.1 Å². The summed E-state index contributed by atoms with van der Waals surface area (Å²) in [7, 11) is 1.69. The first-order chi connectivity index (χ1) is 14.7. The number of rotatable bonds is 9. The number of thiazole rings is 1. The quantitative estimate of drug-likeness (QED) is 0.651. The molecule has 2 aromatic rings. The lowest BCUT2D eigenvalue weighted by atomic mass is 10.0. The maximum atomic E-state index is 13.1. The summed E-state index contributed by atoms with van der Waals surface area (Å²) in [5, 5.41) is 11.0. The number of likely N-dealkylation sites (tertiary alicyclic amines) is 1. The first-order valence-electron chi connectivity index (χ1n) is 10.9. The number of hydrogen-bond acceptors (Lipinski definition) is 7. The normalized spacial score (nSPS) is 19.9. The van der Waals surface area contributed by atoms with Gasteiger partial charge in [0.1, 0.15) is 5.01 Å². The van der Waals surface area contributed by atoms with Gasteiger partial charge in [-0.05, 0) is 25.9 Å². The molecule has 4 rings (SSSR count). The van der Waals surface area contributed by atoms with E-state index in [0.29, 0.717) is 31.4 Å². The van der Waals surface area contributed by atoms with Crippen molar-refractivity contribution >= 4 is 17.2 Å². The van der Waals surface area contributed by atoms with Crippen LogP contribution in [0.2, 0.25) is 0 Å². The van der Waals surface area contributed by atoms with Crippen LogP contribution >= 0.6 is 11.3 Å². The fraction of sp³-hybridized carbons (Fsp3) is 0.667. The van der Waals surface area contributed by atoms with Gasteiger partial charge in [0.05, 0.1) is 19.7 Å². The molecule has 0 spiro atoms. The van der Waals surface area contributed by atoms with E-state index in [1.54, 1.807) is 18.4 Å². The van der Waals surface area contributed by atoms with E-state index < -0.39 is 0 Å². The number of nitrogens with zero attached hydrogens (tertiary/aromatic N) is 5. The highest BCUT2D eigenvalue weighted by Crippen LogP contribution is 2.25. The van der Waals surface area contributed by atoms with Crippen LogP contribution in [0, 0.1) is 0 Å². The highest BCUT2D eigenvalue weighted by Gasteiger charge is 2.29. The number of amides is 1. The number of carbonyl (C=O) groups excluding carboxylic acids is 1. The van der Waals surface area contributed by atoms with Gasteiger partial charge in [-0.3, -0.25) is 19.3 Å². The Morgan fingerprint density at radius 3 is 3.07 bits per heavy atom. The number of nitrogens with one attached hydrogen (secondary N) is 1. The van der Waals surface area contributed by atoms with Crippen LogP contribution in [0.3, 0.4) is 0 Å². The number of carbonyl (C=O) groups is 1. The molecule has 1 unspecified atom stereocenters. The van der Waals surface area contributed by atoms with E-state index in [-0.39, 0.29) is 5.91 Å². The van der Waals surface area contributed by atoms with Crippen molar-refractivity contribution in [3.63, 3.8) is 0 Å². The summed E-state index contributed by atoms with van der Waals surface area (Å²) in [6, 6.07) is 0.437. The van der Waals surface area contributed by atoms with E-state index in [1.165, 1.54) is 12.1 Å². The number of ether oxygens (including phenoxy) is 1. The minimum Gasteiger partial charge on any atom is -0.383 e. The van der Waals surface area contributed by atoms with Crippen molar-refractivity contribution in [2.75, 3.05) is 39.9 Å². The van der Waals surface area contributed by atoms with E-state index >= 15 is 0 Å². The van der Waals surface area contributed by atoms with Crippen LogP contribution in [0.1, 0.15) is 46.5 Å². The molecule has 2 aliphatic heterocycles. The highest BCUT2D eigenvalue weighted by atomic mass is 32.1. The molecule has 4 heterocycles. The predicted molar refractivity (Wildman–Crippen MR) is 117 cm³/mol. The number of aromatic nitrogens is 3. The van der Waals surface area contributed by atoms with Crippen molar-refractivity contribution in [2.45, 2.75) is 51.9 Å². The van der Waals surface area contributed by atoms with Crippen molar-refractivity contribution in [3.05, 3.63) is 33.5 Å². The summed E-state index contributed by atoms with van der Waals surface area (Å²) >= 11 is 1.68. The second-order valence-electron chi connectivity index (χ2n) is 8.01. The molecule has 164 valence electrons. The Bertz CT molecular complexity index is 837. The van der Waals surface area contributed by atoms with Crippen molar-refractivity contribution in [2.24, 2.45) is 0 Å². The molecule has 8 nitrogen and oxygen atoms in total. The standard InChI is InChI=1S/C21H32N6O2S/c1-3-26-8-4-5-16(26)13-23-21(28)20-17-14-25(15-19-22-7-12-30-19)9-6-18(17)27(24-20)10-11-29-2/h7,12,16H,3-6,8-11,13-15H2,1-2H3,(H,23,28). The van der Waals surface area contributed by atoms with Gasteiger partial charge in [0.25, 0.3) is 5.91 Å². The first-order valence-corrected chi connectivity index (χ1v) is 11.8. The first kappa shape index (κ1) is 21.4. The van der Waals surface area contributed by atoms with Crippen molar-refractivity contribution in [1.82, 2.24) is 29.9 Å². The maximum Gasteiger partial charge on any atom is 0.272 e. The average molecular weight is 433 g/mol. The van der Waals surface area contributed by atoms with Crippen molar-refractivity contribution in [1.29, 1.82) is 0 Å². The molecule has 9 heteroatoms. The van der Waals surface area contributed by atoms with Crippen LogP contribution in [-0.2, 0) is 30.8 Å². The minimum absolute atomic E-state index is 0.0542. The molecule has 30 heavy (non-hydrogen) atoms. The summed E-state index contributed by atoms with van der Waals surface area (Å²) in [5.74, 6) is -0.0542. The summed E-state index contributed by atoms with van der Waals surface area (Å²) in [4.78, 5) is 22.3. The SMILES string of the molecule is CCN1CCCC1CNC(=O)c1nn(CCOC)c2c1CN(Cc1nccs1)CC2. The Morgan fingerprint density at radius 1 is 1.40 bits per heavy atom. The molecule has 1 amide bonds. The van der Waals surface area contributed by atoms with Crippen molar-refractivity contribution in [3.8, 4) is 0 Å². The Kier molecular flexibility index (Phi) is 7.14. The minimum atomic E-state index is -0.0542. The molecule has 0 aliphatic carbocycles. The largest absolute Gasteiger partial charge is 0.383 e. The zero-order chi connectivity index (χ0) is 20.9. The summed E-state index contributed by atoms with van der Waals surface area (Å²) in [6.45, 7) is 8.79. The summed E-state index contributed by atoms with van der Waals surface area (Å²) in [5.41, 5.74) is 2.81.